The lowest BCUT2D eigenvalue weighted by Crippen LogP contribution is -2.51. The van der Waals surface area contributed by atoms with Crippen LogP contribution in [0.3, 0.4) is 0 Å². The van der Waals surface area contributed by atoms with Crippen LogP contribution in [0.25, 0.3) is 6.08 Å². The van der Waals surface area contributed by atoms with Gasteiger partial charge in [-0.1, -0.05) is 40.2 Å². The molecule has 0 bridgehead atoms. The minimum Gasteiger partial charge on any atom is -0.368 e. The molecule has 1 saturated heterocycles. The van der Waals surface area contributed by atoms with Gasteiger partial charge in [0.2, 0.25) is 0 Å². The Morgan fingerprint density at radius 3 is 2.42 bits per heavy atom. The number of halogens is 1. The molecule has 4 nitrogen and oxygen atoms in total. The zero-order valence-electron chi connectivity index (χ0n) is 15.2. The zero-order chi connectivity index (χ0) is 18.5. The molecule has 2 aromatic carbocycles. The Hall–Kier alpha value is -2.27. The summed E-state index contributed by atoms with van der Waals surface area (Å²) in [5.41, 5.74) is 4.96. The highest BCUT2D eigenvalue weighted by Crippen LogP contribution is 2.23. The third-order valence-electron chi connectivity index (χ3n) is 4.84. The number of hydrogen-bond acceptors (Lipinski definition) is 2. The molecule has 1 heterocycles. The topological polar surface area (TPSA) is 35.6 Å². The summed E-state index contributed by atoms with van der Waals surface area (Å²) >= 11 is 3.41. The first kappa shape index (κ1) is 18.5. The van der Waals surface area contributed by atoms with Gasteiger partial charge in [-0.25, -0.2) is 4.79 Å². The Morgan fingerprint density at radius 2 is 1.73 bits per heavy atom. The standard InChI is InChI=1S/C21H24BrN3O/c1-16-4-3-5-20(17(16)2)24-12-14-25(15-13-24)21(26)23-11-10-18-6-8-19(22)9-7-18/h3-11H,12-15H2,1-2H3,(H,23,26)/b11-10+. The number of benzene rings is 2. The van der Waals surface area contributed by atoms with Crippen LogP contribution in [0.5, 0.6) is 0 Å². The third kappa shape index (κ3) is 4.47. The normalized spacial score (nSPS) is 14.7. The maximum Gasteiger partial charge on any atom is 0.321 e. The van der Waals surface area contributed by atoms with Crippen LogP contribution >= 0.6 is 15.9 Å². The summed E-state index contributed by atoms with van der Waals surface area (Å²) < 4.78 is 1.04. The van der Waals surface area contributed by atoms with E-state index in [0.717, 1.165) is 36.2 Å². The van der Waals surface area contributed by atoms with Crippen molar-refractivity contribution in [2.75, 3.05) is 31.1 Å². The summed E-state index contributed by atoms with van der Waals surface area (Å²) in [5, 5.41) is 2.87. The average molecular weight is 414 g/mol. The molecule has 1 aliphatic heterocycles. The van der Waals surface area contributed by atoms with Crippen LogP contribution in [0, 0.1) is 13.8 Å². The minimum absolute atomic E-state index is 0.0426. The van der Waals surface area contributed by atoms with E-state index in [2.05, 4.69) is 58.2 Å². The van der Waals surface area contributed by atoms with Gasteiger partial charge in [-0.3, -0.25) is 0 Å². The predicted molar refractivity (Wildman–Crippen MR) is 111 cm³/mol. The Labute approximate surface area is 163 Å². The Morgan fingerprint density at radius 1 is 1.04 bits per heavy atom. The number of rotatable bonds is 3. The van der Waals surface area contributed by atoms with Crippen molar-refractivity contribution < 1.29 is 4.79 Å². The number of carbonyl (C=O) groups is 1. The first-order valence-electron chi connectivity index (χ1n) is 8.83. The zero-order valence-corrected chi connectivity index (χ0v) is 16.8. The second kappa shape index (κ2) is 8.41. The highest BCUT2D eigenvalue weighted by Gasteiger charge is 2.21. The predicted octanol–water partition coefficient (Wildman–Crippen LogP) is 4.57. The first-order chi connectivity index (χ1) is 12.5. The van der Waals surface area contributed by atoms with Crippen LogP contribution in [0.2, 0.25) is 0 Å². The molecule has 0 saturated carbocycles. The van der Waals surface area contributed by atoms with Crippen LogP contribution in [0.15, 0.2) is 53.1 Å². The van der Waals surface area contributed by atoms with E-state index < -0.39 is 0 Å². The maximum atomic E-state index is 12.3. The van der Waals surface area contributed by atoms with Crippen LogP contribution in [0.4, 0.5) is 10.5 Å². The van der Waals surface area contributed by atoms with Gasteiger partial charge in [0.25, 0.3) is 0 Å². The van der Waals surface area contributed by atoms with Crippen molar-refractivity contribution in [3.8, 4) is 0 Å². The fourth-order valence-electron chi connectivity index (χ4n) is 3.10. The van der Waals surface area contributed by atoms with Gasteiger partial charge in [-0.15, -0.1) is 0 Å². The quantitative estimate of drug-likeness (QED) is 0.799. The molecule has 136 valence electrons. The smallest absolute Gasteiger partial charge is 0.321 e. The van der Waals surface area contributed by atoms with E-state index in [0.29, 0.717) is 0 Å². The Kier molecular flexibility index (Phi) is 5.99. The molecule has 0 atom stereocenters. The molecule has 1 fully saturated rings. The van der Waals surface area contributed by atoms with E-state index in [-0.39, 0.29) is 6.03 Å². The van der Waals surface area contributed by atoms with E-state index >= 15 is 0 Å². The lowest BCUT2D eigenvalue weighted by atomic mass is 10.1. The number of nitrogens with zero attached hydrogens (tertiary/aromatic N) is 2. The van der Waals surface area contributed by atoms with Crippen molar-refractivity contribution in [1.29, 1.82) is 0 Å². The monoisotopic (exact) mass is 413 g/mol. The van der Waals surface area contributed by atoms with Crippen molar-refractivity contribution in [1.82, 2.24) is 10.2 Å². The molecule has 1 aliphatic rings. The van der Waals surface area contributed by atoms with Crippen LogP contribution in [-0.2, 0) is 0 Å². The molecule has 0 spiro atoms. The SMILES string of the molecule is Cc1cccc(N2CCN(C(=O)N/C=C/c3ccc(Br)cc3)CC2)c1C. The Bertz CT molecular complexity index is 793. The van der Waals surface area contributed by atoms with Crippen molar-refractivity contribution in [2.24, 2.45) is 0 Å². The lowest BCUT2D eigenvalue weighted by Gasteiger charge is -2.36. The molecular formula is C21H24BrN3O. The second-order valence-corrected chi connectivity index (χ2v) is 7.44. The summed E-state index contributed by atoms with van der Waals surface area (Å²) in [5.74, 6) is 0. The van der Waals surface area contributed by atoms with Gasteiger partial charge >= 0.3 is 6.03 Å². The third-order valence-corrected chi connectivity index (χ3v) is 5.36. The molecule has 2 aromatic rings. The average Bonchev–Trinajstić information content (AvgIpc) is 2.66. The van der Waals surface area contributed by atoms with Gasteiger partial charge in [0.05, 0.1) is 0 Å². The van der Waals surface area contributed by atoms with Crippen molar-refractivity contribution in [3.63, 3.8) is 0 Å². The molecule has 0 radical (unpaired) electrons. The van der Waals surface area contributed by atoms with Gasteiger partial charge in [-0.2, -0.15) is 0 Å². The number of carbonyl (C=O) groups excluding carboxylic acids is 1. The second-order valence-electron chi connectivity index (χ2n) is 6.53. The van der Waals surface area contributed by atoms with Gasteiger partial charge < -0.3 is 15.1 Å². The van der Waals surface area contributed by atoms with Crippen LogP contribution in [-0.4, -0.2) is 37.1 Å². The highest BCUT2D eigenvalue weighted by molar-refractivity contribution is 9.10. The van der Waals surface area contributed by atoms with Crippen LogP contribution < -0.4 is 10.2 Å². The van der Waals surface area contributed by atoms with Crippen molar-refractivity contribution in [3.05, 3.63) is 69.8 Å². The summed E-state index contributed by atoms with van der Waals surface area (Å²) in [7, 11) is 0. The fourth-order valence-corrected chi connectivity index (χ4v) is 3.37. The number of piperazine rings is 1. The van der Waals surface area contributed by atoms with E-state index in [1.165, 1.54) is 16.8 Å². The van der Waals surface area contributed by atoms with Gasteiger partial charge in [0.15, 0.2) is 0 Å². The summed E-state index contributed by atoms with van der Waals surface area (Å²) in [6, 6.07) is 14.3. The van der Waals surface area contributed by atoms with Gasteiger partial charge in [0, 0.05) is 42.5 Å². The molecule has 0 aliphatic carbocycles. The number of anilines is 1. The van der Waals surface area contributed by atoms with Gasteiger partial charge in [0.1, 0.15) is 0 Å². The molecule has 0 unspecified atom stereocenters. The molecular weight excluding hydrogens is 390 g/mol. The first-order valence-corrected chi connectivity index (χ1v) is 9.62. The number of urea groups is 1. The van der Waals surface area contributed by atoms with Crippen LogP contribution in [0.1, 0.15) is 16.7 Å². The highest BCUT2D eigenvalue weighted by atomic mass is 79.9. The van der Waals surface area contributed by atoms with E-state index in [4.69, 9.17) is 0 Å². The van der Waals surface area contributed by atoms with Crippen molar-refractivity contribution >= 4 is 33.7 Å². The number of hydrogen-bond donors (Lipinski definition) is 1. The number of aryl methyl sites for hydroxylation is 1. The summed E-state index contributed by atoms with van der Waals surface area (Å²) in [4.78, 5) is 16.6. The molecule has 0 aromatic heterocycles. The molecule has 1 N–H and O–H groups in total. The molecule has 26 heavy (non-hydrogen) atoms. The largest absolute Gasteiger partial charge is 0.368 e. The minimum atomic E-state index is -0.0426. The number of nitrogens with one attached hydrogen (secondary N) is 1. The van der Waals surface area contributed by atoms with Gasteiger partial charge in [-0.05, 0) is 54.8 Å². The van der Waals surface area contributed by atoms with E-state index in [1.54, 1.807) is 6.20 Å². The fraction of sp³-hybridized carbons (Fsp3) is 0.286. The van der Waals surface area contributed by atoms with Crippen molar-refractivity contribution in [2.45, 2.75) is 13.8 Å². The lowest BCUT2D eigenvalue weighted by molar-refractivity contribution is 0.198. The molecule has 2 amide bonds. The maximum absolute atomic E-state index is 12.3. The molecule has 3 rings (SSSR count). The summed E-state index contributed by atoms with van der Waals surface area (Å²) in [6.45, 7) is 7.47. The Balaban J connectivity index is 1.52. The number of amides is 2. The molecule has 5 heteroatoms. The van der Waals surface area contributed by atoms with E-state index in [1.807, 2.05) is 35.2 Å². The van der Waals surface area contributed by atoms with E-state index in [9.17, 15) is 4.79 Å². The summed E-state index contributed by atoms with van der Waals surface area (Å²) in [6.07, 6.45) is 3.61.